The Hall–Kier alpha value is -3.21. The highest BCUT2D eigenvalue weighted by Crippen LogP contribution is 2.49. The molecule has 5 rings (SSSR count). The molecule has 0 aliphatic carbocycles. The molecular formula is C24H22N2O3. The molecule has 0 radical (unpaired) electrons. The molecule has 2 saturated heterocycles. The van der Waals surface area contributed by atoms with E-state index in [1.54, 1.807) is 0 Å². The van der Waals surface area contributed by atoms with Gasteiger partial charge in [-0.3, -0.25) is 14.4 Å². The fourth-order valence-corrected chi connectivity index (χ4v) is 5.27. The van der Waals surface area contributed by atoms with Gasteiger partial charge in [0, 0.05) is 5.69 Å². The molecule has 2 amide bonds. The number of nitrogens with zero attached hydrogens (tertiary/aromatic N) is 2. The highest BCUT2D eigenvalue weighted by atomic mass is 16.2. The Kier molecular flexibility index (Phi) is 3.78. The van der Waals surface area contributed by atoms with Crippen LogP contribution in [-0.2, 0) is 14.4 Å². The van der Waals surface area contributed by atoms with Crippen molar-refractivity contribution in [2.24, 2.45) is 11.8 Å². The van der Waals surface area contributed by atoms with Gasteiger partial charge in [0.2, 0.25) is 11.8 Å². The summed E-state index contributed by atoms with van der Waals surface area (Å²) in [5, 5.41) is 0. The van der Waals surface area contributed by atoms with Gasteiger partial charge in [-0.15, -0.1) is 0 Å². The Morgan fingerprint density at radius 3 is 2.38 bits per heavy atom. The van der Waals surface area contributed by atoms with Crippen LogP contribution in [0.3, 0.4) is 0 Å². The molecule has 0 aromatic heterocycles. The van der Waals surface area contributed by atoms with Crippen molar-refractivity contribution < 1.29 is 14.4 Å². The lowest BCUT2D eigenvalue weighted by Gasteiger charge is -2.36. The summed E-state index contributed by atoms with van der Waals surface area (Å²) in [4.78, 5) is 43.0. The van der Waals surface area contributed by atoms with Crippen LogP contribution in [0.1, 0.15) is 23.6 Å². The monoisotopic (exact) mass is 386 g/mol. The average molecular weight is 386 g/mol. The van der Waals surface area contributed by atoms with Gasteiger partial charge in [-0.25, -0.2) is 4.90 Å². The molecule has 2 aromatic carbocycles. The number of Topliss-reactive ketones (excluding diaryl/α,β-unsaturated/α-hetero) is 1. The molecular weight excluding hydrogens is 364 g/mol. The summed E-state index contributed by atoms with van der Waals surface area (Å²) >= 11 is 0. The maximum absolute atomic E-state index is 13.5. The first-order valence-corrected chi connectivity index (χ1v) is 9.91. The minimum Gasteiger partial charge on any atom is -0.353 e. The molecule has 3 aliphatic heterocycles. The summed E-state index contributed by atoms with van der Waals surface area (Å²) in [7, 11) is 0. The van der Waals surface area contributed by atoms with E-state index in [2.05, 4.69) is 0 Å². The van der Waals surface area contributed by atoms with Crippen molar-refractivity contribution in [3.63, 3.8) is 0 Å². The molecule has 0 N–H and O–H groups in total. The van der Waals surface area contributed by atoms with E-state index in [0.717, 1.165) is 22.4 Å². The van der Waals surface area contributed by atoms with Crippen LogP contribution >= 0.6 is 0 Å². The molecule has 5 nitrogen and oxygen atoms in total. The van der Waals surface area contributed by atoms with Gasteiger partial charge < -0.3 is 4.90 Å². The Balaban J connectivity index is 1.63. The van der Waals surface area contributed by atoms with E-state index in [-0.39, 0.29) is 23.6 Å². The van der Waals surface area contributed by atoms with Crippen LogP contribution in [0.5, 0.6) is 0 Å². The third kappa shape index (κ3) is 2.36. The third-order valence-electron chi connectivity index (χ3n) is 6.42. The molecule has 0 spiro atoms. The number of aryl methyl sites for hydroxylation is 2. The second kappa shape index (κ2) is 6.14. The van der Waals surface area contributed by atoms with Gasteiger partial charge in [-0.1, -0.05) is 48.0 Å². The number of hydrogen-bond donors (Lipinski definition) is 0. The standard InChI is InChI=1S/C24H22N2O3/c1-13-8-10-17(14(2)12-13)26-23(28)20-19-11-9-16-6-4-5-7-18(16)25(19)22(15(3)27)21(20)24(26)29/h4-12,19-22H,1-3H3/t19-,20-,21-,22-/m0/s1. The van der Waals surface area contributed by atoms with E-state index in [9.17, 15) is 14.4 Å². The first kappa shape index (κ1) is 17.9. The van der Waals surface area contributed by atoms with Gasteiger partial charge in [0.1, 0.15) is 6.04 Å². The van der Waals surface area contributed by atoms with Gasteiger partial charge >= 0.3 is 0 Å². The summed E-state index contributed by atoms with van der Waals surface area (Å²) in [6.07, 6.45) is 3.97. The zero-order valence-electron chi connectivity index (χ0n) is 16.6. The topological polar surface area (TPSA) is 57.7 Å². The smallest absolute Gasteiger partial charge is 0.240 e. The largest absolute Gasteiger partial charge is 0.353 e. The number of benzene rings is 2. The lowest BCUT2D eigenvalue weighted by Crippen LogP contribution is -2.48. The van der Waals surface area contributed by atoms with Crippen molar-refractivity contribution in [1.29, 1.82) is 0 Å². The van der Waals surface area contributed by atoms with E-state index in [1.807, 2.05) is 73.4 Å². The van der Waals surface area contributed by atoms with Gasteiger partial charge in [-0.2, -0.15) is 0 Å². The van der Waals surface area contributed by atoms with Crippen LogP contribution in [0.2, 0.25) is 0 Å². The molecule has 146 valence electrons. The predicted molar refractivity (Wildman–Crippen MR) is 112 cm³/mol. The highest BCUT2D eigenvalue weighted by molar-refractivity contribution is 6.25. The number of amides is 2. The number of ketones is 1. The Morgan fingerprint density at radius 1 is 0.931 bits per heavy atom. The zero-order chi connectivity index (χ0) is 20.4. The van der Waals surface area contributed by atoms with Crippen LogP contribution in [0.4, 0.5) is 11.4 Å². The van der Waals surface area contributed by atoms with Crippen molar-refractivity contribution in [3.8, 4) is 0 Å². The maximum Gasteiger partial charge on any atom is 0.240 e. The van der Waals surface area contributed by atoms with Crippen LogP contribution in [0.25, 0.3) is 6.08 Å². The van der Waals surface area contributed by atoms with E-state index in [4.69, 9.17) is 0 Å². The van der Waals surface area contributed by atoms with Crippen molar-refractivity contribution in [3.05, 3.63) is 65.2 Å². The van der Waals surface area contributed by atoms with Crippen molar-refractivity contribution >= 4 is 35.0 Å². The average Bonchev–Trinajstić information content (AvgIpc) is 3.16. The molecule has 29 heavy (non-hydrogen) atoms. The minimum atomic E-state index is -0.665. The number of fused-ring (bicyclic) bond motifs is 5. The molecule has 0 bridgehead atoms. The Morgan fingerprint density at radius 2 is 1.66 bits per heavy atom. The van der Waals surface area contributed by atoms with E-state index < -0.39 is 17.9 Å². The highest BCUT2D eigenvalue weighted by Gasteiger charge is 2.63. The molecule has 2 fully saturated rings. The molecule has 2 aromatic rings. The number of para-hydroxylation sites is 1. The van der Waals surface area contributed by atoms with E-state index >= 15 is 0 Å². The number of carbonyl (C=O) groups excluding carboxylic acids is 3. The maximum atomic E-state index is 13.5. The van der Waals surface area contributed by atoms with Crippen molar-refractivity contribution in [2.75, 3.05) is 9.80 Å². The van der Waals surface area contributed by atoms with Gasteiger partial charge in [0.05, 0.1) is 23.6 Å². The van der Waals surface area contributed by atoms with Crippen LogP contribution < -0.4 is 9.80 Å². The fraction of sp³-hybridized carbons (Fsp3) is 0.292. The lowest BCUT2D eigenvalue weighted by molar-refractivity contribution is -0.126. The second-order valence-corrected chi connectivity index (χ2v) is 8.22. The van der Waals surface area contributed by atoms with Gasteiger partial charge in [-0.05, 0) is 44.0 Å². The quantitative estimate of drug-likeness (QED) is 0.744. The number of anilines is 2. The fourth-order valence-electron chi connectivity index (χ4n) is 5.27. The number of rotatable bonds is 2. The first-order chi connectivity index (χ1) is 13.9. The molecule has 0 unspecified atom stereocenters. The van der Waals surface area contributed by atoms with E-state index in [1.165, 1.54) is 11.8 Å². The number of carbonyl (C=O) groups is 3. The van der Waals surface area contributed by atoms with E-state index in [0.29, 0.717) is 5.69 Å². The number of imide groups is 1. The Bertz CT molecular complexity index is 1100. The second-order valence-electron chi connectivity index (χ2n) is 8.22. The minimum absolute atomic E-state index is 0.0868. The molecule has 5 heteroatoms. The molecule has 0 saturated carbocycles. The summed E-state index contributed by atoms with van der Waals surface area (Å²) in [6.45, 7) is 5.40. The molecule has 4 atom stereocenters. The van der Waals surface area contributed by atoms with Crippen molar-refractivity contribution in [1.82, 2.24) is 0 Å². The normalized spacial score (nSPS) is 27.1. The SMILES string of the molecule is CC(=O)[C@H]1[C@H]2C(=O)N(c3ccc(C)cc3C)C(=O)[C@H]2[C@@H]2C=Cc3ccccc3N21. The van der Waals surface area contributed by atoms with Crippen molar-refractivity contribution in [2.45, 2.75) is 32.9 Å². The van der Waals surface area contributed by atoms with Gasteiger partial charge in [0.15, 0.2) is 5.78 Å². The van der Waals surface area contributed by atoms with Crippen LogP contribution in [0, 0.1) is 25.7 Å². The van der Waals surface area contributed by atoms with Crippen LogP contribution in [0.15, 0.2) is 48.5 Å². The first-order valence-electron chi connectivity index (χ1n) is 9.91. The molecule has 3 aliphatic rings. The lowest BCUT2D eigenvalue weighted by atomic mass is 9.88. The van der Waals surface area contributed by atoms with Gasteiger partial charge in [0.25, 0.3) is 0 Å². The number of hydrogen-bond acceptors (Lipinski definition) is 4. The summed E-state index contributed by atoms with van der Waals surface area (Å²) < 4.78 is 0. The van der Waals surface area contributed by atoms with Crippen LogP contribution in [-0.4, -0.2) is 29.7 Å². The Labute approximate surface area is 169 Å². The summed E-state index contributed by atoms with van der Waals surface area (Å²) in [5.74, 6) is -1.79. The predicted octanol–water partition coefficient (Wildman–Crippen LogP) is 3.28. The summed E-state index contributed by atoms with van der Waals surface area (Å²) in [6, 6.07) is 12.6. The zero-order valence-corrected chi connectivity index (χ0v) is 16.6. The molecule has 3 heterocycles. The summed E-state index contributed by atoms with van der Waals surface area (Å²) in [5.41, 5.74) is 4.49. The third-order valence-corrected chi connectivity index (χ3v) is 6.42.